The first-order chi connectivity index (χ1) is 12.7. The highest BCUT2D eigenvalue weighted by Crippen LogP contribution is 2.37. The standard InChI is InChI=1S/C20H22N2O3S/c1-24-16-9-7-13(11-17(16)25-2)8-10-19(23)22-20-15(12-21)14-5-3-4-6-18(14)26-20/h7,9,11H,3-6,8,10H2,1-2H3,(H,22,23). The summed E-state index contributed by atoms with van der Waals surface area (Å²) in [7, 11) is 3.19. The number of nitrogens with one attached hydrogen (secondary N) is 1. The van der Waals surface area contributed by atoms with E-state index >= 15 is 0 Å². The molecule has 136 valence electrons. The van der Waals surface area contributed by atoms with E-state index in [4.69, 9.17) is 9.47 Å². The number of fused-ring (bicyclic) bond motifs is 1. The van der Waals surface area contributed by atoms with Crippen LogP contribution >= 0.6 is 11.3 Å². The lowest BCUT2D eigenvalue weighted by Gasteiger charge is -2.10. The van der Waals surface area contributed by atoms with Gasteiger partial charge in [0.2, 0.25) is 5.91 Å². The molecule has 0 bridgehead atoms. The quantitative estimate of drug-likeness (QED) is 0.831. The van der Waals surface area contributed by atoms with Gasteiger partial charge in [-0.05, 0) is 55.4 Å². The van der Waals surface area contributed by atoms with Crippen LogP contribution in [0.15, 0.2) is 18.2 Å². The summed E-state index contributed by atoms with van der Waals surface area (Å²) in [5.74, 6) is 1.25. The number of nitrogens with zero attached hydrogens (tertiary/aromatic N) is 1. The third-order valence-electron chi connectivity index (χ3n) is 4.62. The van der Waals surface area contributed by atoms with Crippen LogP contribution in [0.3, 0.4) is 0 Å². The number of amides is 1. The highest BCUT2D eigenvalue weighted by atomic mass is 32.1. The van der Waals surface area contributed by atoms with Crippen molar-refractivity contribution in [3.63, 3.8) is 0 Å². The van der Waals surface area contributed by atoms with Gasteiger partial charge in [0.1, 0.15) is 11.1 Å². The first kappa shape index (κ1) is 18.3. The summed E-state index contributed by atoms with van der Waals surface area (Å²) < 4.78 is 10.5. The van der Waals surface area contributed by atoms with Gasteiger partial charge >= 0.3 is 0 Å². The van der Waals surface area contributed by atoms with Crippen molar-refractivity contribution < 1.29 is 14.3 Å². The van der Waals surface area contributed by atoms with E-state index in [1.165, 1.54) is 4.88 Å². The van der Waals surface area contributed by atoms with Crippen molar-refractivity contribution in [1.82, 2.24) is 0 Å². The maximum atomic E-state index is 12.4. The van der Waals surface area contributed by atoms with E-state index in [0.717, 1.165) is 36.8 Å². The summed E-state index contributed by atoms with van der Waals surface area (Å²) in [4.78, 5) is 13.6. The van der Waals surface area contributed by atoms with Crippen LogP contribution in [-0.4, -0.2) is 20.1 Å². The molecule has 0 aliphatic heterocycles. The number of hydrogen-bond acceptors (Lipinski definition) is 5. The fraction of sp³-hybridized carbons (Fsp3) is 0.400. The number of benzene rings is 1. The van der Waals surface area contributed by atoms with Crippen molar-refractivity contribution >= 4 is 22.2 Å². The van der Waals surface area contributed by atoms with Crippen molar-refractivity contribution in [2.75, 3.05) is 19.5 Å². The lowest BCUT2D eigenvalue weighted by atomic mass is 9.96. The van der Waals surface area contributed by atoms with Gasteiger partial charge in [-0.3, -0.25) is 4.79 Å². The summed E-state index contributed by atoms with van der Waals surface area (Å²) in [5, 5.41) is 13.1. The maximum absolute atomic E-state index is 12.4. The molecule has 0 saturated heterocycles. The third kappa shape index (κ3) is 3.83. The Bertz CT molecular complexity index is 851. The van der Waals surface area contributed by atoms with E-state index < -0.39 is 0 Å². The fourth-order valence-electron chi connectivity index (χ4n) is 3.26. The zero-order valence-corrected chi connectivity index (χ0v) is 15.9. The van der Waals surface area contributed by atoms with Gasteiger partial charge in [-0.2, -0.15) is 5.26 Å². The van der Waals surface area contributed by atoms with Gasteiger partial charge in [0, 0.05) is 11.3 Å². The molecule has 1 amide bonds. The highest BCUT2D eigenvalue weighted by molar-refractivity contribution is 7.16. The van der Waals surface area contributed by atoms with Crippen LogP contribution < -0.4 is 14.8 Å². The van der Waals surface area contributed by atoms with Gasteiger partial charge < -0.3 is 14.8 Å². The van der Waals surface area contributed by atoms with Crippen LogP contribution in [0.5, 0.6) is 11.5 Å². The molecule has 0 fully saturated rings. The SMILES string of the molecule is COc1ccc(CCC(=O)Nc2sc3c(c2C#N)CCCC3)cc1OC. The molecule has 1 N–H and O–H groups in total. The van der Waals surface area contributed by atoms with Gasteiger partial charge in [-0.15, -0.1) is 11.3 Å². The van der Waals surface area contributed by atoms with Crippen molar-refractivity contribution in [2.45, 2.75) is 38.5 Å². The molecule has 0 unspecified atom stereocenters. The Morgan fingerprint density at radius 2 is 2.00 bits per heavy atom. The predicted octanol–water partition coefficient (Wildman–Crippen LogP) is 4.09. The number of carbonyl (C=O) groups is 1. The lowest BCUT2D eigenvalue weighted by molar-refractivity contribution is -0.116. The van der Waals surface area contributed by atoms with Gasteiger partial charge in [-0.25, -0.2) is 0 Å². The number of rotatable bonds is 6. The number of nitriles is 1. The van der Waals surface area contributed by atoms with Gasteiger partial charge in [0.05, 0.1) is 19.8 Å². The minimum absolute atomic E-state index is 0.0742. The van der Waals surface area contributed by atoms with Crippen molar-refractivity contribution in [1.29, 1.82) is 5.26 Å². The van der Waals surface area contributed by atoms with Crippen molar-refractivity contribution in [3.05, 3.63) is 39.8 Å². The summed E-state index contributed by atoms with van der Waals surface area (Å²) in [5.41, 5.74) is 2.80. The largest absolute Gasteiger partial charge is 0.493 e. The monoisotopic (exact) mass is 370 g/mol. The Hall–Kier alpha value is -2.52. The topological polar surface area (TPSA) is 71.3 Å². The summed E-state index contributed by atoms with van der Waals surface area (Å²) >= 11 is 1.56. The summed E-state index contributed by atoms with van der Waals surface area (Å²) in [6.45, 7) is 0. The maximum Gasteiger partial charge on any atom is 0.225 e. The Morgan fingerprint density at radius 3 is 2.73 bits per heavy atom. The minimum atomic E-state index is -0.0742. The first-order valence-electron chi connectivity index (χ1n) is 8.71. The molecule has 0 atom stereocenters. The molecule has 3 rings (SSSR count). The molecule has 0 radical (unpaired) electrons. The van der Waals surface area contributed by atoms with Crippen molar-refractivity contribution in [3.8, 4) is 17.6 Å². The average Bonchev–Trinajstić information content (AvgIpc) is 3.02. The van der Waals surface area contributed by atoms with Gasteiger partial charge in [0.15, 0.2) is 11.5 Å². The molecular weight excluding hydrogens is 348 g/mol. The number of carbonyl (C=O) groups excluding carboxylic acids is 1. The number of ether oxygens (including phenoxy) is 2. The fourth-order valence-corrected chi connectivity index (χ4v) is 4.51. The molecule has 1 aliphatic carbocycles. The van der Waals surface area contributed by atoms with E-state index in [-0.39, 0.29) is 5.91 Å². The van der Waals surface area contributed by atoms with Gasteiger partial charge in [-0.1, -0.05) is 6.07 Å². The zero-order valence-electron chi connectivity index (χ0n) is 15.1. The Kier molecular flexibility index (Phi) is 5.79. The summed E-state index contributed by atoms with van der Waals surface area (Å²) in [6.07, 6.45) is 5.17. The molecule has 1 aromatic carbocycles. The molecule has 2 aromatic rings. The predicted molar refractivity (Wildman–Crippen MR) is 102 cm³/mol. The van der Waals surface area contributed by atoms with Crippen LogP contribution in [0.1, 0.15) is 40.8 Å². The van der Waals surface area contributed by atoms with E-state index in [2.05, 4.69) is 11.4 Å². The second-order valence-corrected chi connectivity index (χ2v) is 7.37. The number of aryl methyl sites for hydroxylation is 2. The number of anilines is 1. The molecule has 0 saturated carbocycles. The number of thiophene rings is 1. The smallest absolute Gasteiger partial charge is 0.225 e. The molecule has 1 aromatic heterocycles. The molecule has 5 nitrogen and oxygen atoms in total. The molecule has 6 heteroatoms. The number of hydrogen-bond donors (Lipinski definition) is 1. The highest BCUT2D eigenvalue weighted by Gasteiger charge is 2.21. The van der Waals surface area contributed by atoms with E-state index in [1.54, 1.807) is 25.6 Å². The third-order valence-corrected chi connectivity index (χ3v) is 5.83. The van der Waals surface area contributed by atoms with Gasteiger partial charge in [0.25, 0.3) is 0 Å². The molecule has 26 heavy (non-hydrogen) atoms. The normalized spacial score (nSPS) is 12.8. The Morgan fingerprint density at radius 1 is 1.23 bits per heavy atom. The second-order valence-electron chi connectivity index (χ2n) is 6.26. The lowest BCUT2D eigenvalue weighted by Crippen LogP contribution is -2.12. The van der Waals surface area contributed by atoms with E-state index in [1.807, 2.05) is 18.2 Å². The van der Waals surface area contributed by atoms with Crippen LogP contribution in [0, 0.1) is 11.3 Å². The molecule has 1 aliphatic rings. The molecule has 0 spiro atoms. The van der Waals surface area contributed by atoms with Crippen LogP contribution in [0.25, 0.3) is 0 Å². The second kappa shape index (κ2) is 8.24. The zero-order chi connectivity index (χ0) is 18.5. The number of methoxy groups -OCH3 is 2. The Balaban J connectivity index is 1.65. The summed E-state index contributed by atoms with van der Waals surface area (Å²) in [6, 6.07) is 7.93. The Labute approximate surface area is 157 Å². The molecular formula is C20H22N2O3S. The van der Waals surface area contributed by atoms with Crippen LogP contribution in [0.2, 0.25) is 0 Å². The van der Waals surface area contributed by atoms with Crippen LogP contribution in [-0.2, 0) is 24.1 Å². The van der Waals surface area contributed by atoms with E-state index in [9.17, 15) is 10.1 Å². The van der Waals surface area contributed by atoms with Crippen molar-refractivity contribution in [2.24, 2.45) is 0 Å². The van der Waals surface area contributed by atoms with Crippen LogP contribution in [0.4, 0.5) is 5.00 Å². The molecule has 1 heterocycles. The first-order valence-corrected chi connectivity index (χ1v) is 9.53. The van der Waals surface area contributed by atoms with E-state index in [0.29, 0.717) is 34.9 Å². The minimum Gasteiger partial charge on any atom is -0.493 e. The average molecular weight is 370 g/mol.